The van der Waals surface area contributed by atoms with Crippen molar-refractivity contribution in [3.05, 3.63) is 60.7 Å². The SMILES string of the molecule is C[SiH](C)N(N=C1CCCC(=O)C1=NN(c1ccccc1)[SiH](C)C)c1ccccc1. The van der Waals surface area contributed by atoms with Crippen LogP contribution in [-0.4, -0.2) is 35.1 Å². The number of hydrazone groups is 2. The van der Waals surface area contributed by atoms with Crippen molar-refractivity contribution in [3.8, 4) is 0 Å². The first-order valence-electron chi connectivity index (χ1n) is 10.4. The summed E-state index contributed by atoms with van der Waals surface area (Å²) in [6.07, 6.45) is 2.17. The molecule has 7 heteroatoms. The normalized spacial score (nSPS) is 17.4. The second-order valence-corrected chi connectivity index (χ2v) is 13.2. The maximum absolute atomic E-state index is 12.9. The zero-order valence-corrected chi connectivity index (χ0v) is 20.1. The van der Waals surface area contributed by atoms with Crippen LogP contribution in [0.3, 0.4) is 0 Å². The molecule has 29 heavy (non-hydrogen) atoms. The van der Waals surface area contributed by atoms with Crippen molar-refractivity contribution in [2.45, 2.75) is 45.5 Å². The van der Waals surface area contributed by atoms with Crippen LogP contribution in [0, 0.1) is 0 Å². The molecule has 0 N–H and O–H groups in total. The first kappa shape index (κ1) is 21.2. The Hall–Kier alpha value is -2.52. The number of benzene rings is 2. The minimum absolute atomic E-state index is 0.101. The Morgan fingerprint density at radius 3 is 1.69 bits per heavy atom. The second kappa shape index (κ2) is 9.80. The average Bonchev–Trinajstić information content (AvgIpc) is 2.72. The van der Waals surface area contributed by atoms with E-state index in [9.17, 15) is 4.79 Å². The molecule has 1 fully saturated rings. The highest BCUT2D eigenvalue weighted by atomic mass is 28.3. The summed E-state index contributed by atoms with van der Waals surface area (Å²) >= 11 is 0. The van der Waals surface area contributed by atoms with E-state index in [0.29, 0.717) is 12.1 Å². The van der Waals surface area contributed by atoms with E-state index in [0.717, 1.165) is 29.9 Å². The highest BCUT2D eigenvalue weighted by molar-refractivity contribution is 6.70. The van der Waals surface area contributed by atoms with Gasteiger partial charge in [-0.05, 0) is 37.1 Å². The van der Waals surface area contributed by atoms with Gasteiger partial charge in [0.15, 0.2) is 23.7 Å². The quantitative estimate of drug-likeness (QED) is 0.511. The van der Waals surface area contributed by atoms with E-state index in [2.05, 4.69) is 59.8 Å². The van der Waals surface area contributed by atoms with Crippen LogP contribution in [0.25, 0.3) is 0 Å². The molecule has 2 aromatic carbocycles. The molecular weight excluding hydrogens is 392 g/mol. The van der Waals surface area contributed by atoms with Crippen LogP contribution in [0.1, 0.15) is 19.3 Å². The number of anilines is 2. The first-order chi connectivity index (χ1) is 14.0. The summed E-state index contributed by atoms with van der Waals surface area (Å²) in [5.74, 6) is 0.101. The minimum Gasteiger partial charge on any atom is -0.298 e. The second-order valence-electron chi connectivity index (χ2n) is 7.82. The maximum Gasteiger partial charge on any atom is 0.184 e. The molecule has 0 heterocycles. The average molecular weight is 423 g/mol. The molecule has 0 saturated heterocycles. The summed E-state index contributed by atoms with van der Waals surface area (Å²) in [6.45, 7) is 8.93. The molecular formula is C22H30N4OSi2. The van der Waals surface area contributed by atoms with Gasteiger partial charge in [0.05, 0.1) is 5.71 Å². The third-order valence-electron chi connectivity index (χ3n) is 4.81. The fraction of sp³-hybridized carbons (Fsp3) is 0.318. The van der Waals surface area contributed by atoms with Gasteiger partial charge in [0, 0.05) is 17.8 Å². The molecule has 1 saturated carbocycles. The van der Waals surface area contributed by atoms with Crippen LogP contribution in [0.4, 0.5) is 11.4 Å². The van der Waals surface area contributed by atoms with Crippen LogP contribution in [0.2, 0.25) is 26.2 Å². The number of hydrogen-bond acceptors (Lipinski definition) is 5. The fourth-order valence-corrected chi connectivity index (χ4v) is 5.62. The molecule has 2 aromatic rings. The van der Waals surface area contributed by atoms with E-state index < -0.39 is 17.9 Å². The summed E-state index contributed by atoms with van der Waals surface area (Å²) in [5, 5.41) is 9.89. The number of hydrogen-bond donors (Lipinski definition) is 0. The molecule has 0 aromatic heterocycles. The Balaban J connectivity index is 2.03. The van der Waals surface area contributed by atoms with Crippen molar-refractivity contribution in [2.75, 3.05) is 9.35 Å². The highest BCUT2D eigenvalue weighted by Gasteiger charge is 2.27. The smallest absolute Gasteiger partial charge is 0.184 e. The third kappa shape index (κ3) is 5.30. The van der Waals surface area contributed by atoms with Gasteiger partial charge in [0.1, 0.15) is 5.71 Å². The van der Waals surface area contributed by atoms with Crippen molar-refractivity contribution in [1.82, 2.24) is 0 Å². The molecule has 3 rings (SSSR count). The lowest BCUT2D eigenvalue weighted by Crippen LogP contribution is -2.39. The van der Waals surface area contributed by atoms with Crippen LogP contribution < -0.4 is 9.35 Å². The minimum atomic E-state index is -1.32. The Labute approximate surface area is 177 Å². The van der Waals surface area contributed by atoms with Crippen LogP contribution in [0.15, 0.2) is 70.9 Å². The predicted molar refractivity (Wildman–Crippen MR) is 129 cm³/mol. The zero-order chi connectivity index (χ0) is 20.8. The van der Waals surface area contributed by atoms with Crippen molar-refractivity contribution in [1.29, 1.82) is 0 Å². The molecule has 152 valence electrons. The molecule has 1 aliphatic carbocycles. The maximum atomic E-state index is 12.9. The Kier molecular flexibility index (Phi) is 7.16. The molecule has 0 unspecified atom stereocenters. The van der Waals surface area contributed by atoms with Crippen LogP contribution >= 0.6 is 0 Å². The highest BCUT2D eigenvalue weighted by Crippen LogP contribution is 2.21. The number of Topliss-reactive ketones (excluding diaryl/α,β-unsaturated/α-hetero) is 1. The lowest BCUT2D eigenvalue weighted by Gasteiger charge is -2.28. The molecule has 0 bridgehead atoms. The van der Waals surface area contributed by atoms with Gasteiger partial charge in [-0.2, -0.15) is 10.2 Å². The first-order valence-corrected chi connectivity index (χ1v) is 16.0. The molecule has 1 aliphatic rings. The van der Waals surface area contributed by atoms with Crippen molar-refractivity contribution < 1.29 is 4.79 Å². The Morgan fingerprint density at radius 2 is 1.21 bits per heavy atom. The number of carbonyl (C=O) groups excluding carboxylic acids is 1. The lowest BCUT2D eigenvalue weighted by molar-refractivity contribution is -0.113. The summed E-state index contributed by atoms with van der Waals surface area (Å²) < 4.78 is 4.19. The van der Waals surface area contributed by atoms with E-state index in [1.807, 2.05) is 36.4 Å². The Morgan fingerprint density at radius 1 is 0.724 bits per heavy atom. The van der Waals surface area contributed by atoms with Gasteiger partial charge in [-0.1, -0.05) is 62.6 Å². The molecule has 0 atom stereocenters. The summed E-state index contributed by atoms with van der Waals surface area (Å²) in [4.78, 5) is 12.9. The van der Waals surface area contributed by atoms with Crippen molar-refractivity contribution >= 4 is 46.5 Å². The van der Waals surface area contributed by atoms with E-state index in [1.165, 1.54) is 0 Å². The van der Waals surface area contributed by atoms with Gasteiger partial charge in [-0.15, -0.1) is 0 Å². The number of nitrogens with zero attached hydrogens (tertiary/aromatic N) is 4. The van der Waals surface area contributed by atoms with Gasteiger partial charge >= 0.3 is 0 Å². The van der Waals surface area contributed by atoms with Crippen LogP contribution in [0.5, 0.6) is 0 Å². The largest absolute Gasteiger partial charge is 0.298 e. The zero-order valence-electron chi connectivity index (χ0n) is 17.7. The Bertz CT molecular complexity index is 882. The standard InChI is InChI=1S/C22H30N4OSi2/c1-28(2)25(18-12-7-5-8-13-18)23-20-16-11-17-21(27)22(20)24-26(29(3)4)19-14-9-6-10-15-19/h5-10,12-15,28-29H,11,16-17H2,1-4H3. The monoisotopic (exact) mass is 422 g/mol. The predicted octanol–water partition coefficient (Wildman–Crippen LogP) is 4.43. The van der Waals surface area contributed by atoms with Crippen molar-refractivity contribution in [2.24, 2.45) is 10.2 Å². The molecule has 5 nitrogen and oxygen atoms in total. The summed E-state index contributed by atoms with van der Waals surface area (Å²) in [7, 11) is -2.59. The fourth-order valence-electron chi connectivity index (χ4n) is 3.37. The number of para-hydroxylation sites is 2. The number of rotatable bonds is 6. The van der Waals surface area contributed by atoms with Crippen molar-refractivity contribution in [3.63, 3.8) is 0 Å². The number of carbonyl (C=O) groups is 1. The van der Waals surface area contributed by atoms with E-state index in [4.69, 9.17) is 10.2 Å². The molecule has 0 aliphatic heterocycles. The van der Waals surface area contributed by atoms with Gasteiger partial charge in [-0.25, -0.2) is 0 Å². The molecule has 0 radical (unpaired) electrons. The van der Waals surface area contributed by atoms with E-state index in [1.54, 1.807) is 0 Å². The lowest BCUT2D eigenvalue weighted by atomic mass is 9.95. The summed E-state index contributed by atoms with van der Waals surface area (Å²) in [6, 6.07) is 20.4. The molecule has 0 spiro atoms. The third-order valence-corrected chi connectivity index (χ3v) is 7.59. The van der Waals surface area contributed by atoms with E-state index in [-0.39, 0.29) is 5.78 Å². The number of ketones is 1. The topological polar surface area (TPSA) is 48.3 Å². The van der Waals surface area contributed by atoms with Gasteiger partial charge in [-0.3, -0.25) is 14.1 Å². The summed E-state index contributed by atoms with van der Waals surface area (Å²) in [5.41, 5.74) is 3.48. The molecule has 0 amide bonds. The van der Waals surface area contributed by atoms with Gasteiger partial charge in [0.2, 0.25) is 0 Å². The van der Waals surface area contributed by atoms with Gasteiger partial charge < -0.3 is 0 Å². The van der Waals surface area contributed by atoms with Crippen LogP contribution in [-0.2, 0) is 4.79 Å². The van der Waals surface area contributed by atoms with E-state index >= 15 is 0 Å². The van der Waals surface area contributed by atoms with Gasteiger partial charge in [0.25, 0.3) is 0 Å².